The van der Waals surface area contributed by atoms with E-state index in [4.69, 9.17) is 0 Å². The summed E-state index contributed by atoms with van der Waals surface area (Å²) < 4.78 is 1.00. The number of carbonyl (C=O) groups is 1. The molecule has 1 aromatic carbocycles. The third kappa shape index (κ3) is 6.99. The topological polar surface area (TPSA) is 41.1 Å². The second kappa shape index (κ2) is 9.36. The molecule has 0 saturated heterocycles. The molecule has 1 amide bonds. The van der Waals surface area contributed by atoms with Gasteiger partial charge in [0.1, 0.15) is 0 Å². The Labute approximate surface area is 123 Å². The molecular weight excluding hydrogens is 316 g/mol. The van der Waals surface area contributed by atoms with Gasteiger partial charge in [-0.3, -0.25) is 4.79 Å². The van der Waals surface area contributed by atoms with Gasteiger partial charge in [-0.15, -0.1) is 12.4 Å². The maximum atomic E-state index is 11.7. The number of amides is 1. The molecule has 0 aliphatic heterocycles. The molecule has 0 saturated carbocycles. The van der Waals surface area contributed by atoms with Crippen LogP contribution in [0.2, 0.25) is 0 Å². The second-order valence-corrected chi connectivity index (χ2v) is 4.99. The Kier molecular flexibility index (Phi) is 9.06. The van der Waals surface area contributed by atoms with Crippen molar-refractivity contribution >= 4 is 34.2 Å². The number of hydrogen-bond acceptors (Lipinski definition) is 2. The maximum Gasteiger partial charge on any atom is 0.224 e. The highest BCUT2D eigenvalue weighted by molar-refractivity contribution is 9.10. The Bertz CT molecular complexity index is 374. The lowest BCUT2D eigenvalue weighted by molar-refractivity contribution is -0.120. The van der Waals surface area contributed by atoms with E-state index in [2.05, 4.69) is 40.4 Å². The molecule has 0 bridgehead atoms. The molecular formula is C13H20BrClN2O. The number of likely N-dealkylation sites (N-methyl/N-ethyl adjacent to an activating group) is 1. The first-order valence-electron chi connectivity index (χ1n) is 5.86. The quantitative estimate of drug-likeness (QED) is 0.839. The molecule has 2 N–H and O–H groups in total. The first-order chi connectivity index (χ1) is 8.11. The minimum absolute atomic E-state index is 0. The van der Waals surface area contributed by atoms with Gasteiger partial charge in [0.05, 0.1) is 6.42 Å². The van der Waals surface area contributed by atoms with E-state index in [0.717, 1.165) is 16.6 Å². The van der Waals surface area contributed by atoms with Crippen molar-refractivity contribution in [3.8, 4) is 0 Å². The van der Waals surface area contributed by atoms with Crippen LogP contribution in [0, 0.1) is 0 Å². The summed E-state index contributed by atoms with van der Waals surface area (Å²) in [6, 6.07) is 8.12. The summed E-state index contributed by atoms with van der Waals surface area (Å²) >= 11 is 3.39. The third-order valence-corrected chi connectivity index (χ3v) is 2.90. The van der Waals surface area contributed by atoms with E-state index >= 15 is 0 Å². The van der Waals surface area contributed by atoms with Crippen LogP contribution in [0.4, 0.5) is 0 Å². The summed E-state index contributed by atoms with van der Waals surface area (Å²) in [4.78, 5) is 11.7. The van der Waals surface area contributed by atoms with Crippen molar-refractivity contribution in [1.82, 2.24) is 10.6 Å². The summed E-state index contributed by atoms with van der Waals surface area (Å²) in [6.45, 7) is 5.70. The van der Waals surface area contributed by atoms with Crippen LogP contribution in [0.3, 0.4) is 0 Å². The smallest absolute Gasteiger partial charge is 0.224 e. The summed E-state index contributed by atoms with van der Waals surface area (Å²) in [5, 5.41) is 6.17. The van der Waals surface area contributed by atoms with Crippen molar-refractivity contribution in [3.05, 3.63) is 34.3 Å². The van der Waals surface area contributed by atoms with Crippen LogP contribution in [0.5, 0.6) is 0 Å². The molecule has 3 nitrogen and oxygen atoms in total. The molecule has 0 radical (unpaired) electrons. The average molecular weight is 336 g/mol. The molecule has 0 fully saturated rings. The summed E-state index contributed by atoms with van der Waals surface area (Å²) in [6.07, 6.45) is 0.429. The number of carbonyl (C=O) groups excluding carboxylic acids is 1. The van der Waals surface area contributed by atoms with Gasteiger partial charge < -0.3 is 10.6 Å². The summed E-state index contributed by atoms with van der Waals surface area (Å²) in [5.41, 5.74) is 1.02. The van der Waals surface area contributed by atoms with Gasteiger partial charge in [-0.25, -0.2) is 0 Å². The molecule has 1 rings (SSSR count). The van der Waals surface area contributed by atoms with Gasteiger partial charge in [0.2, 0.25) is 5.91 Å². The zero-order chi connectivity index (χ0) is 12.7. The van der Waals surface area contributed by atoms with Crippen LogP contribution < -0.4 is 10.6 Å². The van der Waals surface area contributed by atoms with Gasteiger partial charge >= 0.3 is 0 Å². The molecule has 0 spiro atoms. The van der Waals surface area contributed by atoms with Crippen LogP contribution in [0.15, 0.2) is 28.7 Å². The van der Waals surface area contributed by atoms with Gasteiger partial charge in [-0.05, 0) is 31.2 Å². The van der Waals surface area contributed by atoms with E-state index in [-0.39, 0.29) is 18.3 Å². The highest BCUT2D eigenvalue weighted by Crippen LogP contribution is 2.11. The monoisotopic (exact) mass is 334 g/mol. The van der Waals surface area contributed by atoms with Crippen LogP contribution in [-0.4, -0.2) is 25.0 Å². The Balaban J connectivity index is 0.00000289. The Morgan fingerprint density at radius 1 is 1.44 bits per heavy atom. The van der Waals surface area contributed by atoms with Crippen molar-refractivity contribution in [1.29, 1.82) is 0 Å². The van der Waals surface area contributed by atoms with Crippen LogP contribution in [-0.2, 0) is 11.2 Å². The highest BCUT2D eigenvalue weighted by Gasteiger charge is 2.05. The fraction of sp³-hybridized carbons (Fsp3) is 0.462. The Morgan fingerprint density at radius 3 is 2.78 bits per heavy atom. The molecule has 0 heterocycles. The fourth-order valence-corrected chi connectivity index (χ4v) is 2.03. The average Bonchev–Trinajstić information content (AvgIpc) is 2.27. The highest BCUT2D eigenvalue weighted by atomic mass is 79.9. The van der Waals surface area contributed by atoms with Crippen molar-refractivity contribution < 1.29 is 4.79 Å². The van der Waals surface area contributed by atoms with E-state index in [1.54, 1.807) is 0 Å². The van der Waals surface area contributed by atoms with Crippen LogP contribution in [0.25, 0.3) is 0 Å². The molecule has 1 aromatic rings. The summed E-state index contributed by atoms with van der Waals surface area (Å²) in [5.74, 6) is 0.0628. The fourth-order valence-electron chi connectivity index (χ4n) is 1.58. The van der Waals surface area contributed by atoms with Crippen molar-refractivity contribution in [2.75, 3.05) is 13.1 Å². The first kappa shape index (κ1) is 17.4. The van der Waals surface area contributed by atoms with Gasteiger partial charge in [0, 0.05) is 17.1 Å². The van der Waals surface area contributed by atoms with E-state index in [1.165, 1.54) is 0 Å². The van der Waals surface area contributed by atoms with Crippen molar-refractivity contribution in [3.63, 3.8) is 0 Å². The SMILES string of the molecule is CCN[C@H](C)CNC(=O)Cc1cccc(Br)c1.Cl. The number of nitrogens with one attached hydrogen (secondary N) is 2. The molecule has 0 aromatic heterocycles. The molecule has 18 heavy (non-hydrogen) atoms. The first-order valence-corrected chi connectivity index (χ1v) is 6.65. The minimum Gasteiger partial charge on any atom is -0.354 e. The minimum atomic E-state index is 0. The molecule has 1 atom stereocenters. The van der Waals surface area contributed by atoms with Gasteiger partial charge in [0.25, 0.3) is 0 Å². The molecule has 0 unspecified atom stereocenters. The zero-order valence-corrected chi connectivity index (χ0v) is 13.1. The summed E-state index contributed by atoms with van der Waals surface area (Å²) in [7, 11) is 0. The van der Waals surface area contributed by atoms with E-state index < -0.39 is 0 Å². The number of rotatable bonds is 6. The van der Waals surface area contributed by atoms with Crippen molar-refractivity contribution in [2.24, 2.45) is 0 Å². The molecule has 102 valence electrons. The number of halogens is 2. The lowest BCUT2D eigenvalue weighted by Crippen LogP contribution is -2.39. The molecule has 0 aliphatic carbocycles. The Morgan fingerprint density at radius 2 is 2.17 bits per heavy atom. The standard InChI is InChI=1S/C13H19BrN2O.ClH/c1-3-15-10(2)9-16-13(17)8-11-5-4-6-12(14)7-11;/h4-7,10,15H,3,8-9H2,1-2H3,(H,16,17);1H/t10-;/m1./s1. The number of benzene rings is 1. The predicted octanol–water partition coefficient (Wildman–Crippen LogP) is 2.53. The van der Waals surface area contributed by atoms with Gasteiger partial charge in [-0.2, -0.15) is 0 Å². The van der Waals surface area contributed by atoms with Crippen LogP contribution >= 0.6 is 28.3 Å². The van der Waals surface area contributed by atoms with E-state index in [0.29, 0.717) is 19.0 Å². The van der Waals surface area contributed by atoms with Gasteiger partial charge in [0.15, 0.2) is 0 Å². The van der Waals surface area contributed by atoms with Crippen LogP contribution in [0.1, 0.15) is 19.4 Å². The zero-order valence-electron chi connectivity index (χ0n) is 10.7. The third-order valence-electron chi connectivity index (χ3n) is 2.41. The van der Waals surface area contributed by atoms with E-state index in [1.807, 2.05) is 24.3 Å². The van der Waals surface area contributed by atoms with Crippen molar-refractivity contribution in [2.45, 2.75) is 26.3 Å². The lowest BCUT2D eigenvalue weighted by Gasteiger charge is -2.13. The normalized spacial score (nSPS) is 11.5. The lowest BCUT2D eigenvalue weighted by atomic mass is 10.1. The molecule has 0 aliphatic rings. The maximum absolute atomic E-state index is 11.7. The molecule has 5 heteroatoms. The van der Waals surface area contributed by atoms with E-state index in [9.17, 15) is 4.79 Å². The predicted molar refractivity (Wildman–Crippen MR) is 81.2 cm³/mol. The van der Waals surface area contributed by atoms with Gasteiger partial charge in [-0.1, -0.05) is 35.0 Å². The number of hydrogen-bond donors (Lipinski definition) is 2. The second-order valence-electron chi connectivity index (χ2n) is 4.07. The Hall–Kier alpha value is -0.580. The largest absolute Gasteiger partial charge is 0.354 e.